The van der Waals surface area contributed by atoms with Crippen LogP contribution in [0.15, 0.2) is 0 Å². The smallest absolute Gasteiger partial charge is 0.305 e. The Morgan fingerprint density at radius 3 is 1.82 bits per heavy atom. The minimum absolute atomic E-state index is 0.0314. The summed E-state index contributed by atoms with van der Waals surface area (Å²) in [7, 11) is 0. The summed E-state index contributed by atoms with van der Waals surface area (Å²) in [5.41, 5.74) is 0. The Hall–Kier alpha value is -1.06. The lowest BCUT2D eigenvalue weighted by Gasteiger charge is -2.29. The number of unbranched alkanes of at least 4 members (excludes halogenated alkanes) is 11. The summed E-state index contributed by atoms with van der Waals surface area (Å²) in [5, 5.41) is 0. The molecule has 0 aliphatic rings. The predicted octanol–water partition coefficient (Wildman–Crippen LogP) is 8.85. The summed E-state index contributed by atoms with van der Waals surface area (Å²) < 4.78 is 5.50. The highest BCUT2D eigenvalue weighted by Gasteiger charge is 2.16. The van der Waals surface area contributed by atoms with Crippen molar-refractivity contribution >= 4 is 12.4 Å². The van der Waals surface area contributed by atoms with Crippen molar-refractivity contribution < 1.29 is 14.3 Å². The second-order valence-electron chi connectivity index (χ2n) is 10.3. The van der Waals surface area contributed by atoms with E-state index in [0.29, 0.717) is 25.0 Å². The van der Waals surface area contributed by atoms with Gasteiger partial charge in [0.2, 0.25) is 6.41 Å². The molecule has 1 atom stereocenters. The van der Waals surface area contributed by atoms with E-state index < -0.39 is 0 Å². The van der Waals surface area contributed by atoms with Gasteiger partial charge in [0.1, 0.15) is 0 Å². The van der Waals surface area contributed by atoms with Crippen LogP contribution in [0.4, 0.5) is 0 Å². The van der Waals surface area contributed by atoms with Gasteiger partial charge in [-0.05, 0) is 38.0 Å². The third kappa shape index (κ3) is 19.3. The molecule has 4 nitrogen and oxygen atoms in total. The predicted molar refractivity (Wildman–Crippen MR) is 146 cm³/mol. The highest BCUT2D eigenvalue weighted by Crippen LogP contribution is 2.18. The van der Waals surface area contributed by atoms with Crippen LogP contribution in [0.1, 0.15) is 156 Å². The summed E-state index contributed by atoms with van der Waals surface area (Å²) in [6.45, 7) is 10.4. The molecule has 0 bridgehead atoms. The van der Waals surface area contributed by atoms with E-state index in [-0.39, 0.29) is 5.97 Å². The van der Waals surface area contributed by atoms with Crippen molar-refractivity contribution in [2.75, 3.05) is 13.2 Å². The molecule has 1 amide bonds. The number of hydrogen-bond donors (Lipinski definition) is 0. The molecule has 0 N–H and O–H groups in total. The largest absolute Gasteiger partial charge is 0.465 e. The third-order valence-electron chi connectivity index (χ3n) is 7.21. The fourth-order valence-corrected chi connectivity index (χ4v) is 4.69. The molecule has 34 heavy (non-hydrogen) atoms. The average molecular weight is 482 g/mol. The second-order valence-corrected chi connectivity index (χ2v) is 10.3. The molecule has 1 unspecified atom stereocenters. The number of hydrogen-bond acceptors (Lipinski definition) is 3. The monoisotopic (exact) mass is 481 g/mol. The number of esters is 1. The van der Waals surface area contributed by atoms with Crippen LogP contribution in [0.2, 0.25) is 0 Å². The number of nitrogens with zero attached hydrogens (tertiary/aromatic N) is 1. The lowest BCUT2D eigenvalue weighted by atomic mass is 9.99. The average Bonchev–Trinajstić information content (AvgIpc) is 2.85. The van der Waals surface area contributed by atoms with Crippen LogP contribution < -0.4 is 0 Å². The molecule has 0 aromatic rings. The lowest BCUT2D eigenvalue weighted by molar-refractivity contribution is -0.145. The first-order chi connectivity index (χ1) is 16.6. The van der Waals surface area contributed by atoms with Gasteiger partial charge in [0.15, 0.2) is 0 Å². The van der Waals surface area contributed by atoms with E-state index in [4.69, 9.17) is 4.74 Å². The number of carbonyl (C=O) groups excluding carboxylic acids is 2. The zero-order chi connectivity index (χ0) is 25.3. The second kappa shape index (κ2) is 25.0. The molecule has 202 valence electrons. The van der Waals surface area contributed by atoms with Crippen LogP contribution in [0.3, 0.4) is 0 Å². The van der Waals surface area contributed by atoms with E-state index in [1.165, 1.54) is 64.2 Å². The maximum atomic E-state index is 12.0. The van der Waals surface area contributed by atoms with E-state index in [0.717, 1.165) is 70.7 Å². The molecule has 0 rings (SSSR count). The minimum Gasteiger partial charge on any atom is -0.465 e. The van der Waals surface area contributed by atoms with E-state index in [9.17, 15) is 9.59 Å². The SMILES string of the molecule is CCCCCCC(CCCCCC)N(C=O)CCCCCCCC(=O)OCC(CC)CCCC. The van der Waals surface area contributed by atoms with Gasteiger partial charge >= 0.3 is 5.97 Å². The van der Waals surface area contributed by atoms with Crippen molar-refractivity contribution in [2.45, 2.75) is 162 Å². The Morgan fingerprint density at radius 2 is 1.26 bits per heavy atom. The Balaban J connectivity index is 4.07. The van der Waals surface area contributed by atoms with Gasteiger partial charge in [0, 0.05) is 19.0 Å². The van der Waals surface area contributed by atoms with Crippen molar-refractivity contribution in [2.24, 2.45) is 5.92 Å². The first-order valence-electron chi connectivity index (χ1n) is 15.0. The normalized spacial score (nSPS) is 12.1. The molecule has 0 aliphatic heterocycles. The first kappa shape index (κ1) is 32.9. The molecule has 0 aromatic heterocycles. The van der Waals surface area contributed by atoms with Gasteiger partial charge in [-0.3, -0.25) is 9.59 Å². The van der Waals surface area contributed by atoms with Crippen molar-refractivity contribution in [1.29, 1.82) is 0 Å². The van der Waals surface area contributed by atoms with Crippen molar-refractivity contribution in [1.82, 2.24) is 4.90 Å². The molecule has 0 radical (unpaired) electrons. The van der Waals surface area contributed by atoms with E-state index in [1.807, 2.05) is 0 Å². The van der Waals surface area contributed by atoms with Gasteiger partial charge in [0.05, 0.1) is 6.61 Å². The molecule has 0 fully saturated rings. The summed E-state index contributed by atoms with van der Waals surface area (Å²) in [5.74, 6) is 0.489. The highest BCUT2D eigenvalue weighted by molar-refractivity contribution is 5.69. The topological polar surface area (TPSA) is 46.6 Å². The van der Waals surface area contributed by atoms with Crippen LogP contribution in [0.25, 0.3) is 0 Å². The quantitative estimate of drug-likeness (QED) is 0.0704. The molecular formula is C30H59NO3. The van der Waals surface area contributed by atoms with Gasteiger partial charge in [-0.2, -0.15) is 0 Å². The molecule has 0 saturated heterocycles. The van der Waals surface area contributed by atoms with Crippen LogP contribution >= 0.6 is 0 Å². The van der Waals surface area contributed by atoms with Crippen molar-refractivity contribution in [3.8, 4) is 0 Å². The Kier molecular flexibility index (Phi) is 24.3. The first-order valence-corrected chi connectivity index (χ1v) is 15.0. The lowest BCUT2D eigenvalue weighted by Crippen LogP contribution is -2.35. The molecule has 4 heteroatoms. The number of rotatable bonds is 26. The fraction of sp³-hybridized carbons (Fsp3) is 0.933. The number of carbonyl (C=O) groups is 2. The molecular weight excluding hydrogens is 422 g/mol. The Morgan fingerprint density at radius 1 is 0.706 bits per heavy atom. The molecule has 0 aromatic carbocycles. The van der Waals surface area contributed by atoms with Gasteiger partial charge in [0.25, 0.3) is 0 Å². The fourth-order valence-electron chi connectivity index (χ4n) is 4.69. The van der Waals surface area contributed by atoms with Gasteiger partial charge in [-0.25, -0.2) is 0 Å². The Labute approximate surface area is 213 Å². The van der Waals surface area contributed by atoms with Crippen LogP contribution in [0, 0.1) is 5.92 Å². The van der Waals surface area contributed by atoms with E-state index in [2.05, 4.69) is 32.6 Å². The van der Waals surface area contributed by atoms with Gasteiger partial charge in [-0.1, -0.05) is 118 Å². The van der Waals surface area contributed by atoms with Crippen molar-refractivity contribution in [3.05, 3.63) is 0 Å². The van der Waals surface area contributed by atoms with E-state index >= 15 is 0 Å². The van der Waals surface area contributed by atoms with Crippen LogP contribution in [0.5, 0.6) is 0 Å². The third-order valence-corrected chi connectivity index (χ3v) is 7.21. The van der Waals surface area contributed by atoms with E-state index in [1.54, 1.807) is 0 Å². The summed E-state index contributed by atoms with van der Waals surface area (Å²) >= 11 is 0. The van der Waals surface area contributed by atoms with Crippen molar-refractivity contribution in [3.63, 3.8) is 0 Å². The van der Waals surface area contributed by atoms with Gasteiger partial charge in [-0.15, -0.1) is 0 Å². The molecule has 0 aliphatic carbocycles. The minimum atomic E-state index is -0.0314. The van der Waals surface area contributed by atoms with Crippen LogP contribution in [-0.2, 0) is 14.3 Å². The summed E-state index contributed by atoms with van der Waals surface area (Å²) in [6, 6.07) is 0.422. The zero-order valence-electron chi connectivity index (χ0n) is 23.5. The summed E-state index contributed by atoms with van der Waals surface area (Å²) in [4.78, 5) is 25.9. The standard InChI is InChI=1S/C30H59NO3/c1-5-9-12-17-22-29(23-18-13-10-6-2)31(27-32)25-20-16-14-15-19-24-30(33)34-26-28(8-4)21-11-7-3/h27-29H,5-26H2,1-4H3. The molecule has 0 spiro atoms. The molecule has 0 saturated carbocycles. The maximum absolute atomic E-state index is 12.0. The highest BCUT2D eigenvalue weighted by atomic mass is 16.5. The molecule has 0 heterocycles. The summed E-state index contributed by atoms with van der Waals surface area (Å²) in [6.07, 6.45) is 24.1. The van der Waals surface area contributed by atoms with Crippen LogP contribution in [-0.4, -0.2) is 36.5 Å². The zero-order valence-corrected chi connectivity index (χ0v) is 23.5. The maximum Gasteiger partial charge on any atom is 0.305 e. The van der Waals surface area contributed by atoms with Gasteiger partial charge < -0.3 is 9.64 Å². The number of ether oxygens (including phenoxy) is 1. The Bertz CT molecular complexity index is 442. The number of amides is 1.